The van der Waals surface area contributed by atoms with Crippen LogP contribution < -0.4 is 11.1 Å². The maximum Gasteiger partial charge on any atom is 0.269 e. The van der Waals surface area contributed by atoms with Gasteiger partial charge in [-0.1, -0.05) is 0 Å². The van der Waals surface area contributed by atoms with Crippen molar-refractivity contribution in [2.45, 2.75) is 26.3 Å². The normalized spacial score (nSPS) is 10.5. The standard InChI is InChI=1S/C12H17N3O3.ClH/c1-8-6-9(15(17)18)4-5-10(8)11(16)14-12(2,3)7-13;/h4-6H,7,13H2,1-3H3,(H,14,16);1H. The van der Waals surface area contributed by atoms with E-state index in [1.807, 2.05) is 13.8 Å². The highest BCUT2D eigenvalue weighted by Gasteiger charge is 2.21. The number of carbonyl (C=O) groups excluding carboxylic acids is 1. The van der Waals surface area contributed by atoms with Gasteiger partial charge in [-0.3, -0.25) is 14.9 Å². The maximum atomic E-state index is 12.0. The lowest BCUT2D eigenvalue weighted by atomic mass is 10.0. The molecule has 106 valence electrons. The molecule has 0 bridgehead atoms. The van der Waals surface area contributed by atoms with E-state index >= 15 is 0 Å². The van der Waals surface area contributed by atoms with Crippen molar-refractivity contribution in [2.24, 2.45) is 5.73 Å². The Kier molecular flexibility index (Phi) is 5.92. The molecule has 7 heteroatoms. The summed E-state index contributed by atoms with van der Waals surface area (Å²) in [5, 5.41) is 13.4. The van der Waals surface area contributed by atoms with Crippen molar-refractivity contribution >= 4 is 24.0 Å². The second-order valence-corrected chi connectivity index (χ2v) is 4.80. The molecule has 6 nitrogen and oxygen atoms in total. The fourth-order valence-electron chi connectivity index (χ4n) is 1.44. The number of hydrogen-bond acceptors (Lipinski definition) is 4. The van der Waals surface area contributed by atoms with Gasteiger partial charge in [0.25, 0.3) is 11.6 Å². The number of carbonyl (C=O) groups is 1. The van der Waals surface area contributed by atoms with Crippen LogP contribution in [0.15, 0.2) is 18.2 Å². The van der Waals surface area contributed by atoms with E-state index in [0.29, 0.717) is 17.7 Å². The number of non-ortho nitro benzene ring substituents is 1. The minimum absolute atomic E-state index is 0. The van der Waals surface area contributed by atoms with Crippen LogP contribution in [-0.2, 0) is 0 Å². The molecule has 0 saturated heterocycles. The van der Waals surface area contributed by atoms with Gasteiger partial charge < -0.3 is 11.1 Å². The van der Waals surface area contributed by atoms with Crippen molar-refractivity contribution in [3.05, 3.63) is 39.4 Å². The molecule has 1 amide bonds. The van der Waals surface area contributed by atoms with Crippen LogP contribution in [0.25, 0.3) is 0 Å². The van der Waals surface area contributed by atoms with Crippen LogP contribution in [0.5, 0.6) is 0 Å². The highest BCUT2D eigenvalue weighted by Crippen LogP contribution is 2.17. The molecule has 0 saturated carbocycles. The van der Waals surface area contributed by atoms with E-state index in [-0.39, 0.29) is 24.0 Å². The third kappa shape index (κ3) is 4.50. The van der Waals surface area contributed by atoms with E-state index in [0.717, 1.165) is 0 Å². The van der Waals surface area contributed by atoms with Gasteiger partial charge in [-0.05, 0) is 32.4 Å². The lowest BCUT2D eigenvalue weighted by Gasteiger charge is -2.24. The Morgan fingerprint density at radius 1 is 1.47 bits per heavy atom. The number of nitrogens with zero attached hydrogens (tertiary/aromatic N) is 1. The van der Waals surface area contributed by atoms with Crippen LogP contribution in [0.2, 0.25) is 0 Å². The third-order valence-corrected chi connectivity index (χ3v) is 2.63. The molecule has 0 radical (unpaired) electrons. The molecule has 0 spiro atoms. The van der Waals surface area contributed by atoms with Gasteiger partial charge in [0.15, 0.2) is 0 Å². The van der Waals surface area contributed by atoms with Crippen molar-refractivity contribution in [2.75, 3.05) is 6.54 Å². The molecule has 3 N–H and O–H groups in total. The number of halogens is 1. The molecule has 0 aliphatic carbocycles. The second kappa shape index (κ2) is 6.49. The van der Waals surface area contributed by atoms with E-state index in [1.165, 1.54) is 18.2 Å². The smallest absolute Gasteiger partial charge is 0.269 e. The van der Waals surface area contributed by atoms with E-state index in [1.54, 1.807) is 6.92 Å². The van der Waals surface area contributed by atoms with Crippen molar-refractivity contribution < 1.29 is 9.72 Å². The molecular formula is C12H18ClN3O3. The number of hydrogen-bond donors (Lipinski definition) is 2. The lowest BCUT2D eigenvalue weighted by molar-refractivity contribution is -0.384. The van der Waals surface area contributed by atoms with Crippen LogP contribution >= 0.6 is 12.4 Å². The average Bonchev–Trinajstić information content (AvgIpc) is 2.28. The Morgan fingerprint density at radius 3 is 2.47 bits per heavy atom. The molecule has 0 aliphatic heterocycles. The number of nitro benzene ring substituents is 1. The minimum Gasteiger partial charge on any atom is -0.346 e. The van der Waals surface area contributed by atoms with Gasteiger partial charge in [0.1, 0.15) is 0 Å². The molecule has 0 aromatic heterocycles. The molecule has 1 aromatic rings. The zero-order valence-electron chi connectivity index (χ0n) is 11.1. The SMILES string of the molecule is Cc1cc([N+](=O)[O-])ccc1C(=O)NC(C)(C)CN.Cl. The quantitative estimate of drug-likeness (QED) is 0.651. The minimum atomic E-state index is -0.509. The summed E-state index contributed by atoms with van der Waals surface area (Å²) in [6.07, 6.45) is 0. The summed E-state index contributed by atoms with van der Waals surface area (Å²) in [5.74, 6) is -0.280. The summed E-state index contributed by atoms with van der Waals surface area (Å²) in [6, 6.07) is 4.15. The fraction of sp³-hybridized carbons (Fsp3) is 0.417. The summed E-state index contributed by atoms with van der Waals surface area (Å²) in [4.78, 5) is 22.1. The first-order chi connectivity index (χ1) is 8.26. The summed E-state index contributed by atoms with van der Waals surface area (Å²) >= 11 is 0. The first-order valence-electron chi connectivity index (χ1n) is 5.54. The zero-order valence-corrected chi connectivity index (χ0v) is 11.9. The summed E-state index contributed by atoms with van der Waals surface area (Å²) in [5.41, 5.74) is 5.98. The van der Waals surface area contributed by atoms with Crippen molar-refractivity contribution in [1.82, 2.24) is 5.32 Å². The molecule has 0 unspecified atom stereocenters. The van der Waals surface area contributed by atoms with Gasteiger partial charge >= 0.3 is 0 Å². The third-order valence-electron chi connectivity index (χ3n) is 2.63. The van der Waals surface area contributed by atoms with E-state index in [2.05, 4.69) is 5.32 Å². The fourth-order valence-corrected chi connectivity index (χ4v) is 1.44. The number of rotatable bonds is 4. The molecule has 0 fully saturated rings. The Balaban J connectivity index is 0.00000324. The van der Waals surface area contributed by atoms with Crippen LogP contribution in [0.3, 0.4) is 0 Å². The van der Waals surface area contributed by atoms with Crippen LogP contribution in [0.4, 0.5) is 5.69 Å². The summed E-state index contributed by atoms with van der Waals surface area (Å²) in [6.45, 7) is 5.60. The van der Waals surface area contributed by atoms with Crippen LogP contribution in [0, 0.1) is 17.0 Å². The lowest BCUT2D eigenvalue weighted by Crippen LogP contribution is -2.49. The number of aryl methyl sites for hydroxylation is 1. The first kappa shape index (κ1) is 17.3. The predicted octanol–water partition coefficient (Wildman–Crippen LogP) is 1.79. The highest BCUT2D eigenvalue weighted by molar-refractivity contribution is 5.96. The van der Waals surface area contributed by atoms with Gasteiger partial charge in [-0.2, -0.15) is 0 Å². The molecule has 0 aliphatic rings. The van der Waals surface area contributed by atoms with Gasteiger partial charge in [0, 0.05) is 29.8 Å². The molecular weight excluding hydrogens is 270 g/mol. The van der Waals surface area contributed by atoms with Gasteiger partial charge in [-0.15, -0.1) is 12.4 Å². The number of amides is 1. The Bertz CT molecular complexity index is 489. The van der Waals surface area contributed by atoms with Crippen molar-refractivity contribution in [3.63, 3.8) is 0 Å². The second-order valence-electron chi connectivity index (χ2n) is 4.80. The Labute approximate surface area is 117 Å². The molecule has 1 rings (SSSR count). The maximum absolute atomic E-state index is 12.0. The zero-order chi connectivity index (χ0) is 13.9. The van der Waals surface area contributed by atoms with Crippen LogP contribution in [-0.4, -0.2) is 22.9 Å². The number of nitrogens with two attached hydrogens (primary N) is 1. The average molecular weight is 288 g/mol. The predicted molar refractivity (Wildman–Crippen MR) is 75.7 cm³/mol. The summed E-state index contributed by atoms with van der Waals surface area (Å²) < 4.78 is 0. The van der Waals surface area contributed by atoms with Crippen molar-refractivity contribution in [1.29, 1.82) is 0 Å². The van der Waals surface area contributed by atoms with Gasteiger partial charge in [0.2, 0.25) is 0 Å². The van der Waals surface area contributed by atoms with Crippen molar-refractivity contribution in [3.8, 4) is 0 Å². The van der Waals surface area contributed by atoms with Gasteiger partial charge in [-0.25, -0.2) is 0 Å². The largest absolute Gasteiger partial charge is 0.346 e. The molecule has 19 heavy (non-hydrogen) atoms. The first-order valence-corrected chi connectivity index (χ1v) is 5.54. The Morgan fingerprint density at radius 2 is 2.05 bits per heavy atom. The topological polar surface area (TPSA) is 98.3 Å². The van der Waals surface area contributed by atoms with Gasteiger partial charge in [0.05, 0.1) is 4.92 Å². The Hall–Kier alpha value is -1.66. The molecule has 0 heterocycles. The number of nitro groups is 1. The van der Waals surface area contributed by atoms with E-state index in [4.69, 9.17) is 5.73 Å². The van der Waals surface area contributed by atoms with E-state index < -0.39 is 10.5 Å². The summed E-state index contributed by atoms with van der Waals surface area (Å²) in [7, 11) is 0. The highest BCUT2D eigenvalue weighted by atomic mass is 35.5. The monoisotopic (exact) mass is 287 g/mol. The number of benzene rings is 1. The van der Waals surface area contributed by atoms with E-state index in [9.17, 15) is 14.9 Å². The van der Waals surface area contributed by atoms with Crippen LogP contribution in [0.1, 0.15) is 29.8 Å². The molecule has 0 atom stereocenters. The molecule has 1 aromatic carbocycles. The number of nitrogens with one attached hydrogen (secondary N) is 1.